The first kappa shape index (κ1) is 14.5. The standard InChI is InChI=1S/C20H16N2O2/c23-19(15-6-9-20-16(12-15)10-11-24-20)8-7-17-13-18(22-21-17)14-4-2-1-3-5-14/h1-9,12-13H,10-11H2,(H,21,22)/b8-7+. The van der Waals surface area contributed by atoms with Gasteiger partial charge in [-0.15, -0.1) is 0 Å². The first-order chi connectivity index (χ1) is 11.8. The predicted octanol–water partition coefficient (Wildman–Crippen LogP) is 3.91. The maximum atomic E-state index is 12.3. The van der Waals surface area contributed by atoms with E-state index in [0.717, 1.165) is 34.7 Å². The second-order valence-corrected chi connectivity index (χ2v) is 5.69. The average molecular weight is 316 g/mol. The van der Waals surface area contributed by atoms with Crippen molar-refractivity contribution in [2.75, 3.05) is 6.61 Å². The van der Waals surface area contributed by atoms with Gasteiger partial charge < -0.3 is 4.74 Å². The van der Waals surface area contributed by atoms with Gasteiger partial charge in [0.05, 0.1) is 18.0 Å². The Bertz CT molecular complexity index is 910. The highest BCUT2D eigenvalue weighted by molar-refractivity contribution is 6.07. The van der Waals surface area contributed by atoms with Crippen molar-refractivity contribution in [2.45, 2.75) is 6.42 Å². The van der Waals surface area contributed by atoms with E-state index in [2.05, 4.69) is 10.2 Å². The van der Waals surface area contributed by atoms with Gasteiger partial charge in [-0.05, 0) is 42.0 Å². The molecule has 0 spiro atoms. The van der Waals surface area contributed by atoms with Crippen molar-refractivity contribution in [3.8, 4) is 17.0 Å². The van der Waals surface area contributed by atoms with Crippen molar-refractivity contribution in [1.82, 2.24) is 10.2 Å². The molecular weight excluding hydrogens is 300 g/mol. The zero-order valence-electron chi connectivity index (χ0n) is 13.0. The summed E-state index contributed by atoms with van der Waals surface area (Å²) in [6.07, 6.45) is 4.19. The molecule has 0 amide bonds. The van der Waals surface area contributed by atoms with Crippen LogP contribution in [0.2, 0.25) is 0 Å². The highest BCUT2D eigenvalue weighted by atomic mass is 16.5. The monoisotopic (exact) mass is 316 g/mol. The molecule has 0 fully saturated rings. The molecule has 4 heteroatoms. The van der Waals surface area contributed by atoms with Gasteiger partial charge in [-0.2, -0.15) is 5.10 Å². The summed E-state index contributed by atoms with van der Waals surface area (Å²) in [6.45, 7) is 0.694. The van der Waals surface area contributed by atoms with Crippen molar-refractivity contribution < 1.29 is 9.53 Å². The van der Waals surface area contributed by atoms with Crippen LogP contribution in [0.5, 0.6) is 5.75 Å². The molecular formula is C20H16N2O2. The van der Waals surface area contributed by atoms with Crippen LogP contribution in [0.3, 0.4) is 0 Å². The summed E-state index contributed by atoms with van der Waals surface area (Å²) >= 11 is 0. The molecule has 24 heavy (non-hydrogen) atoms. The molecule has 0 unspecified atom stereocenters. The van der Waals surface area contributed by atoms with Crippen LogP contribution in [0.1, 0.15) is 21.6 Å². The number of hydrogen-bond acceptors (Lipinski definition) is 3. The Hall–Kier alpha value is -3.14. The summed E-state index contributed by atoms with van der Waals surface area (Å²) in [4.78, 5) is 12.3. The Morgan fingerprint density at radius 3 is 2.88 bits per heavy atom. The molecule has 0 aliphatic carbocycles. The number of ketones is 1. The normalized spacial score (nSPS) is 13.0. The van der Waals surface area contributed by atoms with Gasteiger partial charge in [-0.3, -0.25) is 9.89 Å². The first-order valence-corrected chi connectivity index (χ1v) is 7.88. The van der Waals surface area contributed by atoms with E-state index < -0.39 is 0 Å². The SMILES string of the molecule is O=C(/C=C/c1cc(-c2ccccc2)n[nH]1)c1ccc2c(c1)CCO2. The Morgan fingerprint density at radius 1 is 1.12 bits per heavy atom. The van der Waals surface area contributed by atoms with E-state index >= 15 is 0 Å². The van der Waals surface area contributed by atoms with Gasteiger partial charge in [0.2, 0.25) is 0 Å². The zero-order valence-corrected chi connectivity index (χ0v) is 13.0. The number of aromatic amines is 1. The lowest BCUT2D eigenvalue weighted by atomic mass is 10.0. The van der Waals surface area contributed by atoms with Crippen LogP contribution in [0, 0.1) is 0 Å². The number of ether oxygens (including phenoxy) is 1. The number of hydrogen-bond donors (Lipinski definition) is 1. The molecule has 1 aliphatic heterocycles. The summed E-state index contributed by atoms with van der Waals surface area (Å²) in [5.41, 5.74) is 4.47. The quantitative estimate of drug-likeness (QED) is 0.586. The second kappa shape index (κ2) is 6.16. The molecule has 0 saturated carbocycles. The number of carbonyl (C=O) groups excluding carboxylic acids is 1. The molecule has 0 saturated heterocycles. The van der Waals surface area contributed by atoms with Crippen LogP contribution in [0.15, 0.2) is 60.7 Å². The van der Waals surface area contributed by atoms with Gasteiger partial charge in [0, 0.05) is 17.5 Å². The minimum absolute atomic E-state index is 0.0273. The topological polar surface area (TPSA) is 55.0 Å². The van der Waals surface area contributed by atoms with Crippen LogP contribution >= 0.6 is 0 Å². The molecule has 0 radical (unpaired) electrons. The molecule has 1 aliphatic rings. The number of H-pyrrole nitrogens is 1. The third kappa shape index (κ3) is 2.86. The van der Waals surface area contributed by atoms with Gasteiger partial charge in [-0.1, -0.05) is 30.3 Å². The van der Waals surface area contributed by atoms with Gasteiger partial charge in [0.15, 0.2) is 5.78 Å². The van der Waals surface area contributed by atoms with E-state index in [-0.39, 0.29) is 5.78 Å². The molecule has 4 rings (SSSR count). The highest BCUT2D eigenvalue weighted by Gasteiger charge is 2.13. The van der Waals surface area contributed by atoms with E-state index in [1.165, 1.54) is 0 Å². The molecule has 2 aromatic carbocycles. The smallest absolute Gasteiger partial charge is 0.185 e. The molecule has 0 bridgehead atoms. The maximum Gasteiger partial charge on any atom is 0.185 e. The number of carbonyl (C=O) groups is 1. The predicted molar refractivity (Wildman–Crippen MR) is 93.0 cm³/mol. The van der Waals surface area contributed by atoms with E-state index in [0.29, 0.717) is 12.2 Å². The van der Waals surface area contributed by atoms with Crippen molar-refractivity contribution in [3.05, 3.63) is 77.5 Å². The van der Waals surface area contributed by atoms with Crippen LogP contribution in [0.25, 0.3) is 17.3 Å². The lowest BCUT2D eigenvalue weighted by molar-refractivity contribution is 0.104. The third-order valence-corrected chi connectivity index (χ3v) is 4.06. The Morgan fingerprint density at radius 2 is 2.00 bits per heavy atom. The Kier molecular flexibility index (Phi) is 3.71. The van der Waals surface area contributed by atoms with Crippen LogP contribution in [0.4, 0.5) is 0 Å². The summed E-state index contributed by atoms with van der Waals surface area (Å²) in [5.74, 6) is 0.858. The Labute approximate surface area is 139 Å². The highest BCUT2D eigenvalue weighted by Crippen LogP contribution is 2.26. The lowest BCUT2D eigenvalue weighted by Gasteiger charge is -2.00. The molecule has 2 heterocycles. The van der Waals surface area contributed by atoms with Crippen molar-refractivity contribution in [1.29, 1.82) is 0 Å². The minimum Gasteiger partial charge on any atom is -0.493 e. The molecule has 3 aromatic rings. The average Bonchev–Trinajstić information content (AvgIpc) is 3.29. The summed E-state index contributed by atoms with van der Waals surface area (Å²) in [5, 5.41) is 7.22. The minimum atomic E-state index is -0.0273. The summed E-state index contributed by atoms with van der Waals surface area (Å²) < 4.78 is 5.46. The van der Waals surface area contributed by atoms with Crippen molar-refractivity contribution in [3.63, 3.8) is 0 Å². The number of nitrogens with one attached hydrogen (secondary N) is 1. The first-order valence-electron chi connectivity index (χ1n) is 7.88. The molecule has 118 valence electrons. The van der Waals surface area contributed by atoms with Crippen LogP contribution in [-0.4, -0.2) is 22.6 Å². The van der Waals surface area contributed by atoms with Gasteiger partial charge in [0.1, 0.15) is 5.75 Å². The van der Waals surface area contributed by atoms with Crippen molar-refractivity contribution in [2.24, 2.45) is 0 Å². The van der Waals surface area contributed by atoms with E-state index in [1.807, 2.05) is 48.5 Å². The fourth-order valence-corrected chi connectivity index (χ4v) is 2.78. The molecule has 1 N–H and O–H groups in total. The maximum absolute atomic E-state index is 12.3. The largest absolute Gasteiger partial charge is 0.493 e. The van der Waals surface area contributed by atoms with Gasteiger partial charge >= 0.3 is 0 Å². The summed E-state index contributed by atoms with van der Waals surface area (Å²) in [7, 11) is 0. The third-order valence-electron chi connectivity index (χ3n) is 4.06. The Balaban J connectivity index is 1.51. The van der Waals surface area contributed by atoms with E-state index in [1.54, 1.807) is 18.2 Å². The van der Waals surface area contributed by atoms with Crippen molar-refractivity contribution >= 4 is 11.9 Å². The van der Waals surface area contributed by atoms with Crippen LogP contribution < -0.4 is 4.74 Å². The number of benzene rings is 2. The van der Waals surface area contributed by atoms with E-state index in [9.17, 15) is 4.79 Å². The number of fused-ring (bicyclic) bond motifs is 1. The molecule has 1 aromatic heterocycles. The number of aromatic nitrogens is 2. The van der Waals surface area contributed by atoms with Gasteiger partial charge in [0.25, 0.3) is 0 Å². The number of allylic oxidation sites excluding steroid dienone is 1. The lowest BCUT2D eigenvalue weighted by Crippen LogP contribution is -1.95. The van der Waals surface area contributed by atoms with Gasteiger partial charge in [-0.25, -0.2) is 0 Å². The van der Waals surface area contributed by atoms with E-state index in [4.69, 9.17) is 4.74 Å². The fourth-order valence-electron chi connectivity index (χ4n) is 2.78. The molecule has 0 atom stereocenters. The molecule has 4 nitrogen and oxygen atoms in total. The van der Waals surface area contributed by atoms with Crippen LogP contribution in [-0.2, 0) is 6.42 Å². The summed E-state index contributed by atoms with van der Waals surface area (Å²) in [6, 6.07) is 17.4. The fraction of sp³-hybridized carbons (Fsp3) is 0.100. The number of rotatable bonds is 4. The second-order valence-electron chi connectivity index (χ2n) is 5.69. The zero-order chi connectivity index (χ0) is 16.4. The number of nitrogens with zero attached hydrogens (tertiary/aromatic N) is 1.